The number of nitrogens with one attached hydrogen (secondary N) is 1. The summed E-state index contributed by atoms with van der Waals surface area (Å²) in [5, 5.41) is 2.63. The minimum absolute atomic E-state index is 0.361. The molecule has 0 spiro atoms. The smallest absolute Gasteiger partial charge is 0.407 e. The maximum atomic E-state index is 10.9. The predicted molar refractivity (Wildman–Crippen MR) is 68.9 cm³/mol. The lowest BCUT2D eigenvalue weighted by molar-refractivity contribution is 0.153. The van der Waals surface area contributed by atoms with Crippen molar-refractivity contribution in [1.29, 1.82) is 0 Å². The molecule has 3 nitrogen and oxygen atoms in total. The van der Waals surface area contributed by atoms with Gasteiger partial charge in [0, 0.05) is 6.54 Å². The summed E-state index contributed by atoms with van der Waals surface area (Å²) in [6, 6.07) is 10.3. The van der Waals surface area contributed by atoms with Gasteiger partial charge in [-0.05, 0) is 25.3 Å². The highest BCUT2D eigenvalue weighted by molar-refractivity contribution is 5.67. The molecule has 0 fully saturated rings. The number of ether oxygens (including phenoxy) is 1. The van der Waals surface area contributed by atoms with Gasteiger partial charge in [0.25, 0.3) is 0 Å². The quantitative estimate of drug-likeness (QED) is 0.767. The highest BCUT2D eigenvalue weighted by atomic mass is 16.5. The van der Waals surface area contributed by atoms with E-state index in [-0.39, 0.29) is 6.09 Å². The van der Waals surface area contributed by atoms with Gasteiger partial charge >= 0.3 is 6.09 Å². The molecule has 0 bridgehead atoms. The SMILES string of the molecule is CCOC(=O)NC/C=C/CCc1ccccc1. The zero-order valence-electron chi connectivity index (χ0n) is 10.2. The molecule has 0 radical (unpaired) electrons. The minimum Gasteiger partial charge on any atom is -0.450 e. The van der Waals surface area contributed by atoms with Crippen molar-refractivity contribution >= 4 is 6.09 Å². The minimum atomic E-state index is -0.361. The Hall–Kier alpha value is -1.77. The van der Waals surface area contributed by atoms with Gasteiger partial charge in [-0.3, -0.25) is 0 Å². The van der Waals surface area contributed by atoms with Gasteiger partial charge in [-0.25, -0.2) is 4.79 Å². The standard InChI is InChI=1S/C14H19NO2/c1-2-17-14(16)15-12-8-4-7-11-13-9-5-3-6-10-13/h3-6,8-10H,2,7,11-12H2,1H3,(H,15,16)/b8-4+. The van der Waals surface area contributed by atoms with E-state index in [2.05, 4.69) is 23.5 Å². The lowest BCUT2D eigenvalue weighted by Crippen LogP contribution is -2.24. The van der Waals surface area contributed by atoms with Crippen molar-refractivity contribution in [2.45, 2.75) is 19.8 Å². The molecule has 17 heavy (non-hydrogen) atoms. The van der Waals surface area contributed by atoms with Crippen LogP contribution in [0.1, 0.15) is 18.9 Å². The summed E-state index contributed by atoms with van der Waals surface area (Å²) in [7, 11) is 0. The third kappa shape index (κ3) is 6.40. The lowest BCUT2D eigenvalue weighted by Gasteiger charge is -2.01. The Morgan fingerprint density at radius 2 is 2.06 bits per heavy atom. The fraction of sp³-hybridized carbons (Fsp3) is 0.357. The second kappa shape index (κ2) is 8.39. The van der Waals surface area contributed by atoms with Crippen LogP contribution in [0.3, 0.4) is 0 Å². The number of rotatable bonds is 6. The van der Waals surface area contributed by atoms with Crippen molar-refractivity contribution < 1.29 is 9.53 Å². The fourth-order valence-electron chi connectivity index (χ4n) is 1.42. The van der Waals surface area contributed by atoms with Crippen LogP contribution in [0.25, 0.3) is 0 Å². The van der Waals surface area contributed by atoms with E-state index in [4.69, 9.17) is 4.74 Å². The van der Waals surface area contributed by atoms with Crippen molar-refractivity contribution in [3.8, 4) is 0 Å². The molecule has 3 heteroatoms. The maximum absolute atomic E-state index is 10.9. The summed E-state index contributed by atoms with van der Waals surface area (Å²) in [5.74, 6) is 0. The van der Waals surface area contributed by atoms with Crippen molar-refractivity contribution in [3.05, 3.63) is 48.0 Å². The first-order valence-electron chi connectivity index (χ1n) is 5.92. The topological polar surface area (TPSA) is 38.3 Å². The third-order valence-electron chi connectivity index (χ3n) is 2.25. The van der Waals surface area contributed by atoms with Gasteiger partial charge in [0.1, 0.15) is 0 Å². The number of hydrogen-bond acceptors (Lipinski definition) is 2. The summed E-state index contributed by atoms with van der Waals surface area (Å²) in [5.41, 5.74) is 1.33. The number of amides is 1. The van der Waals surface area contributed by atoms with E-state index in [1.54, 1.807) is 6.92 Å². The second-order valence-corrected chi connectivity index (χ2v) is 3.60. The number of allylic oxidation sites excluding steroid dienone is 1. The van der Waals surface area contributed by atoms with Crippen molar-refractivity contribution in [1.82, 2.24) is 5.32 Å². The highest BCUT2D eigenvalue weighted by Crippen LogP contribution is 2.02. The van der Waals surface area contributed by atoms with E-state index in [0.717, 1.165) is 12.8 Å². The normalized spacial score (nSPS) is 10.4. The number of hydrogen-bond donors (Lipinski definition) is 1. The van der Waals surface area contributed by atoms with E-state index >= 15 is 0 Å². The molecule has 92 valence electrons. The molecule has 0 saturated carbocycles. The predicted octanol–water partition coefficient (Wildman–Crippen LogP) is 2.92. The van der Waals surface area contributed by atoms with E-state index < -0.39 is 0 Å². The van der Waals surface area contributed by atoms with Crippen LogP contribution < -0.4 is 5.32 Å². The van der Waals surface area contributed by atoms with Crippen LogP contribution >= 0.6 is 0 Å². The third-order valence-corrected chi connectivity index (χ3v) is 2.25. The Kier molecular flexibility index (Phi) is 6.56. The Balaban J connectivity index is 2.09. The van der Waals surface area contributed by atoms with Crippen molar-refractivity contribution in [2.75, 3.05) is 13.2 Å². The van der Waals surface area contributed by atoms with E-state index in [1.807, 2.05) is 24.3 Å². The van der Waals surface area contributed by atoms with Crippen LogP contribution in [0.5, 0.6) is 0 Å². The molecule has 1 aromatic carbocycles. The molecule has 0 aliphatic heterocycles. The Labute approximate surface area is 102 Å². The first-order chi connectivity index (χ1) is 8.33. The van der Waals surface area contributed by atoms with Crippen LogP contribution in [0.2, 0.25) is 0 Å². The fourth-order valence-corrected chi connectivity index (χ4v) is 1.42. The van der Waals surface area contributed by atoms with Crippen LogP contribution in [-0.2, 0) is 11.2 Å². The summed E-state index contributed by atoms with van der Waals surface area (Å²) in [6.45, 7) is 2.71. The Bertz CT molecular complexity index is 346. The van der Waals surface area contributed by atoms with Gasteiger partial charge in [-0.1, -0.05) is 42.5 Å². The molecule has 0 aromatic heterocycles. The van der Waals surface area contributed by atoms with Crippen LogP contribution in [0.15, 0.2) is 42.5 Å². The molecule has 0 saturated heterocycles. The highest BCUT2D eigenvalue weighted by Gasteiger charge is 1.95. The van der Waals surface area contributed by atoms with Gasteiger partial charge in [-0.2, -0.15) is 0 Å². The van der Waals surface area contributed by atoms with Crippen LogP contribution in [-0.4, -0.2) is 19.2 Å². The molecule has 1 rings (SSSR count). The summed E-state index contributed by atoms with van der Waals surface area (Å²) in [6.07, 6.45) is 5.66. The molecule has 0 unspecified atom stereocenters. The van der Waals surface area contributed by atoms with Crippen molar-refractivity contribution in [2.24, 2.45) is 0 Å². The van der Waals surface area contributed by atoms with E-state index in [0.29, 0.717) is 13.2 Å². The zero-order valence-corrected chi connectivity index (χ0v) is 10.2. The Morgan fingerprint density at radius 1 is 1.29 bits per heavy atom. The summed E-state index contributed by atoms with van der Waals surface area (Å²) < 4.78 is 4.73. The number of alkyl carbamates (subject to hydrolysis) is 1. The average molecular weight is 233 g/mol. The molecule has 0 aliphatic rings. The number of aryl methyl sites for hydroxylation is 1. The van der Waals surface area contributed by atoms with Crippen molar-refractivity contribution in [3.63, 3.8) is 0 Å². The number of carbonyl (C=O) groups excluding carboxylic acids is 1. The lowest BCUT2D eigenvalue weighted by atomic mass is 10.1. The average Bonchev–Trinajstić information content (AvgIpc) is 2.35. The molecule has 1 aromatic rings. The Morgan fingerprint density at radius 3 is 2.76 bits per heavy atom. The summed E-state index contributed by atoms with van der Waals surface area (Å²) >= 11 is 0. The van der Waals surface area contributed by atoms with Crippen LogP contribution in [0, 0.1) is 0 Å². The van der Waals surface area contributed by atoms with E-state index in [9.17, 15) is 4.79 Å². The second-order valence-electron chi connectivity index (χ2n) is 3.60. The monoisotopic (exact) mass is 233 g/mol. The number of benzene rings is 1. The molecule has 1 N–H and O–H groups in total. The molecule has 0 aliphatic carbocycles. The van der Waals surface area contributed by atoms with Gasteiger partial charge in [0.15, 0.2) is 0 Å². The largest absolute Gasteiger partial charge is 0.450 e. The first-order valence-corrected chi connectivity index (χ1v) is 5.92. The summed E-state index contributed by atoms with van der Waals surface area (Å²) in [4.78, 5) is 10.9. The molecular weight excluding hydrogens is 214 g/mol. The molecule has 1 amide bonds. The molecule has 0 heterocycles. The van der Waals surface area contributed by atoms with E-state index in [1.165, 1.54) is 5.56 Å². The first kappa shape index (κ1) is 13.3. The molecule has 0 atom stereocenters. The van der Waals surface area contributed by atoms with Gasteiger partial charge in [-0.15, -0.1) is 0 Å². The molecular formula is C14H19NO2. The van der Waals surface area contributed by atoms with Gasteiger partial charge in [0.2, 0.25) is 0 Å². The number of carbonyl (C=O) groups is 1. The van der Waals surface area contributed by atoms with Crippen LogP contribution in [0.4, 0.5) is 4.79 Å². The maximum Gasteiger partial charge on any atom is 0.407 e. The van der Waals surface area contributed by atoms with Gasteiger partial charge in [0.05, 0.1) is 6.61 Å². The van der Waals surface area contributed by atoms with Gasteiger partial charge < -0.3 is 10.1 Å². The zero-order chi connectivity index (χ0) is 12.3.